The first kappa shape index (κ1) is 14.0. The van der Waals surface area contributed by atoms with Crippen molar-refractivity contribution in [3.05, 3.63) is 11.1 Å². The van der Waals surface area contributed by atoms with Crippen LogP contribution in [0.4, 0.5) is 0 Å². The van der Waals surface area contributed by atoms with E-state index in [1.54, 1.807) is 20.8 Å². The molecule has 0 saturated heterocycles. The standard InChI is InChI=1S/C15H22O5/c1-8-10-6-11-9(4-5-13(11,2)17)14(3,18)7-15(10,19)20-12(8)16/h9,11,17-19H,4-7H2,1-3H3/t9-,11-,13+,14+,15-/m0/s1. The number of carbonyl (C=O) groups excluding carboxylic acids is 1. The zero-order valence-electron chi connectivity index (χ0n) is 12.1. The lowest BCUT2D eigenvalue weighted by atomic mass is 9.76. The fourth-order valence-corrected chi connectivity index (χ4v) is 4.37. The van der Waals surface area contributed by atoms with E-state index in [2.05, 4.69) is 0 Å². The van der Waals surface area contributed by atoms with Gasteiger partial charge in [-0.1, -0.05) is 0 Å². The summed E-state index contributed by atoms with van der Waals surface area (Å²) >= 11 is 0. The molecule has 5 heteroatoms. The van der Waals surface area contributed by atoms with E-state index in [-0.39, 0.29) is 18.3 Å². The van der Waals surface area contributed by atoms with Crippen molar-refractivity contribution in [3.63, 3.8) is 0 Å². The molecule has 0 aromatic heterocycles. The van der Waals surface area contributed by atoms with Gasteiger partial charge in [0, 0.05) is 17.6 Å². The lowest BCUT2D eigenvalue weighted by Gasteiger charge is -2.36. The minimum absolute atomic E-state index is 0.0321. The molecule has 2 fully saturated rings. The van der Waals surface area contributed by atoms with Crippen molar-refractivity contribution in [1.29, 1.82) is 0 Å². The monoisotopic (exact) mass is 282 g/mol. The number of aliphatic hydroxyl groups is 3. The predicted octanol–water partition coefficient (Wildman–Crippen LogP) is 0.870. The summed E-state index contributed by atoms with van der Waals surface area (Å²) in [6.07, 6.45) is 1.69. The minimum atomic E-state index is -1.72. The third-order valence-electron chi connectivity index (χ3n) is 5.56. The van der Waals surface area contributed by atoms with Crippen LogP contribution in [0.5, 0.6) is 0 Å². The highest BCUT2D eigenvalue weighted by Crippen LogP contribution is 2.56. The van der Waals surface area contributed by atoms with Gasteiger partial charge in [0.25, 0.3) is 0 Å². The van der Waals surface area contributed by atoms with Gasteiger partial charge in [0.2, 0.25) is 5.79 Å². The summed E-state index contributed by atoms with van der Waals surface area (Å²) in [6.45, 7) is 5.06. The Labute approximate surface area is 118 Å². The quantitative estimate of drug-likeness (QED) is 0.574. The third-order valence-corrected chi connectivity index (χ3v) is 5.56. The number of carbonyl (C=O) groups is 1. The average molecular weight is 282 g/mol. The van der Waals surface area contributed by atoms with Gasteiger partial charge in [-0.15, -0.1) is 0 Å². The molecule has 2 saturated carbocycles. The SMILES string of the molecule is CC1=C2C[C@H]3[C@H](CC[C@@]3(C)O)[C@](C)(O)C[C@]2(O)OC1=O. The second-order valence-corrected chi connectivity index (χ2v) is 7.12. The molecule has 0 bridgehead atoms. The summed E-state index contributed by atoms with van der Waals surface area (Å²) in [4.78, 5) is 11.7. The number of hydrogen-bond acceptors (Lipinski definition) is 5. The van der Waals surface area contributed by atoms with Crippen LogP contribution in [0.2, 0.25) is 0 Å². The van der Waals surface area contributed by atoms with Gasteiger partial charge in [-0.05, 0) is 51.9 Å². The molecule has 2 aliphatic carbocycles. The molecule has 0 amide bonds. The van der Waals surface area contributed by atoms with Gasteiger partial charge in [-0.25, -0.2) is 4.79 Å². The highest BCUT2D eigenvalue weighted by molar-refractivity contribution is 5.92. The largest absolute Gasteiger partial charge is 0.426 e. The van der Waals surface area contributed by atoms with Crippen LogP contribution >= 0.6 is 0 Å². The Morgan fingerprint density at radius 3 is 2.45 bits per heavy atom. The summed E-state index contributed by atoms with van der Waals surface area (Å²) in [6, 6.07) is 0. The van der Waals surface area contributed by atoms with E-state index in [1.807, 2.05) is 0 Å². The Morgan fingerprint density at radius 1 is 1.15 bits per heavy atom. The van der Waals surface area contributed by atoms with E-state index in [0.29, 0.717) is 30.4 Å². The van der Waals surface area contributed by atoms with Crippen LogP contribution in [-0.4, -0.2) is 38.3 Å². The van der Waals surface area contributed by atoms with Gasteiger partial charge in [-0.2, -0.15) is 0 Å². The van der Waals surface area contributed by atoms with E-state index in [9.17, 15) is 20.1 Å². The van der Waals surface area contributed by atoms with Gasteiger partial charge in [-0.3, -0.25) is 0 Å². The molecule has 20 heavy (non-hydrogen) atoms. The third kappa shape index (κ3) is 1.76. The van der Waals surface area contributed by atoms with E-state index < -0.39 is 23.0 Å². The molecule has 0 radical (unpaired) electrons. The van der Waals surface area contributed by atoms with E-state index >= 15 is 0 Å². The molecule has 3 rings (SSSR count). The first-order valence-corrected chi connectivity index (χ1v) is 7.17. The first-order valence-electron chi connectivity index (χ1n) is 7.17. The lowest BCUT2D eigenvalue weighted by Crippen LogP contribution is -2.44. The molecule has 3 aliphatic rings. The molecule has 3 N–H and O–H groups in total. The number of rotatable bonds is 0. The van der Waals surface area contributed by atoms with Gasteiger partial charge >= 0.3 is 5.97 Å². The van der Waals surface area contributed by atoms with Crippen LogP contribution in [0.25, 0.3) is 0 Å². The summed E-state index contributed by atoms with van der Waals surface area (Å²) < 4.78 is 5.11. The van der Waals surface area contributed by atoms with Gasteiger partial charge < -0.3 is 20.1 Å². The molecule has 0 aromatic carbocycles. The molecule has 112 valence electrons. The summed E-state index contributed by atoms with van der Waals surface area (Å²) in [5, 5.41) is 32.0. The summed E-state index contributed by atoms with van der Waals surface area (Å²) in [5.41, 5.74) is -1.13. The molecule has 5 nitrogen and oxygen atoms in total. The van der Waals surface area contributed by atoms with E-state index in [1.165, 1.54) is 0 Å². The van der Waals surface area contributed by atoms with Crippen molar-refractivity contribution >= 4 is 5.97 Å². The van der Waals surface area contributed by atoms with E-state index in [0.717, 1.165) is 0 Å². The van der Waals surface area contributed by atoms with Crippen molar-refractivity contribution < 1.29 is 24.9 Å². The van der Waals surface area contributed by atoms with Crippen molar-refractivity contribution in [1.82, 2.24) is 0 Å². The van der Waals surface area contributed by atoms with Crippen LogP contribution in [0.3, 0.4) is 0 Å². The Kier molecular flexibility index (Phi) is 2.70. The molecule has 1 heterocycles. The van der Waals surface area contributed by atoms with Crippen LogP contribution in [0, 0.1) is 11.8 Å². The highest BCUT2D eigenvalue weighted by Gasteiger charge is 2.60. The number of ether oxygens (including phenoxy) is 1. The molecule has 0 aromatic rings. The fourth-order valence-electron chi connectivity index (χ4n) is 4.37. The summed E-state index contributed by atoms with van der Waals surface area (Å²) in [5.74, 6) is -2.53. The molecular formula is C15H22O5. The van der Waals surface area contributed by atoms with Crippen molar-refractivity contribution in [2.24, 2.45) is 11.8 Å². The van der Waals surface area contributed by atoms with Crippen LogP contribution < -0.4 is 0 Å². The second kappa shape index (κ2) is 3.84. The van der Waals surface area contributed by atoms with Gasteiger partial charge in [0.1, 0.15) is 0 Å². The molecule has 0 unspecified atom stereocenters. The Bertz CT molecular complexity index is 504. The van der Waals surface area contributed by atoms with Crippen LogP contribution in [0.1, 0.15) is 46.5 Å². The van der Waals surface area contributed by atoms with Crippen molar-refractivity contribution in [2.45, 2.75) is 63.4 Å². The minimum Gasteiger partial charge on any atom is -0.426 e. The second-order valence-electron chi connectivity index (χ2n) is 7.12. The molecular weight excluding hydrogens is 260 g/mol. The maximum absolute atomic E-state index is 11.7. The lowest BCUT2D eigenvalue weighted by molar-refractivity contribution is -0.200. The maximum atomic E-state index is 11.7. The molecule has 5 atom stereocenters. The number of esters is 1. The molecule has 0 spiro atoms. The van der Waals surface area contributed by atoms with Crippen molar-refractivity contribution in [2.75, 3.05) is 0 Å². The molecule has 1 aliphatic heterocycles. The van der Waals surface area contributed by atoms with Crippen LogP contribution in [0.15, 0.2) is 11.1 Å². The Hall–Kier alpha value is -0.910. The zero-order chi connectivity index (χ0) is 14.9. The topological polar surface area (TPSA) is 87.0 Å². The highest BCUT2D eigenvalue weighted by atomic mass is 16.7. The summed E-state index contributed by atoms with van der Waals surface area (Å²) in [7, 11) is 0. The Morgan fingerprint density at radius 2 is 1.80 bits per heavy atom. The zero-order valence-corrected chi connectivity index (χ0v) is 12.1. The number of hydrogen-bond donors (Lipinski definition) is 3. The van der Waals surface area contributed by atoms with Crippen LogP contribution in [-0.2, 0) is 9.53 Å². The predicted molar refractivity (Wildman–Crippen MR) is 70.4 cm³/mol. The van der Waals surface area contributed by atoms with Gasteiger partial charge in [0.05, 0.1) is 11.2 Å². The van der Waals surface area contributed by atoms with Gasteiger partial charge in [0.15, 0.2) is 0 Å². The fraction of sp³-hybridized carbons (Fsp3) is 0.800. The number of fused-ring (bicyclic) bond motifs is 2. The first-order chi connectivity index (χ1) is 9.07. The maximum Gasteiger partial charge on any atom is 0.336 e. The average Bonchev–Trinajstić information content (AvgIpc) is 2.65. The Balaban J connectivity index is 2.10. The normalized spacial score (nSPS) is 51.6. The smallest absolute Gasteiger partial charge is 0.336 e. The van der Waals surface area contributed by atoms with Crippen molar-refractivity contribution in [3.8, 4) is 0 Å². The van der Waals surface area contributed by atoms with E-state index in [4.69, 9.17) is 4.74 Å².